The Hall–Kier alpha value is -2.13. The van der Waals surface area contributed by atoms with Crippen molar-refractivity contribution in [1.82, 2.24) is 9.80 Å². The van der Waals surface area contributed by atoms with Gasteiger partial charge >= 0.3 is 0 Å². The SMILES string of the molecule is Cc1ccccc1C(=O)N1CCN2CC(C)(C)c3ccccc3C2C1. The lowest BCUT2D eigenvalue weighted by Gasteiger charge is -2.50. The first kappa shape index (κ1) is 16.3. The van der Waals surface area contributed by atoms with Crippen molar-refractivity contribution < 1.29 is 4.79 Å². The van der Waals surface area contributed by atoms with E-state index in [1.165, 1.54) is 11.1 Å². The number of amides is 1. The maximum atomic E-state index is 13.0. The molecule has 1 atom stereocenters. The largest absolute Gasteiger partial charge is 0.335 e. The molecule has 0 spiro atoms. The summed E-state index contributed by atoms with van der Waals surface area (Å²) in [6.07, 6.45) is 0. The molecule has 0 saturated carbocycles. The number of rotatable bonds is 1. The molecule has 3 nitrogen and oxygen atoms in total. The first-order valence-corrected chi connectivity index (χ1v) is 9.16. The summed E-state index contributed by atoms with van der Waals surface area (Å²) < 4.78 is 0. The Kier molecular flexibility index (Phi) is 3.92. The number of hydrogen-bond acceptors (Lipinski definition) is 2. The molecular weight excluding hydrogens is 308 g/mol. The van der Waals surface area contributed by atoms with Gasteiger partial charge in [-0.1, -0.05) is 56.3 Å². The fourth-order valence-electron chi connectivity index (χ4n) is 4.47. The van der Waals surface area contributed by atoms with Crippen molar-refractivity contribution in [1.29, 1.82) is 0 Å². The number of piperazine rings is 1. The number of carbonyl (C=O) groups is 1. The molecule has 0 N–H and O–H groups in total. The Labute approximate surface area is 150 Å². The van der Waals surface area contributed by atoms with E-state index in [1.807, 2.05) is 36.1 Å². The van der Waals surface area contributed by atoms with E-state index in [2.05, 4.69) is 43.0 Å². The van der Waals surface area contributed by atoms with Crippen LogP contribution in [0.25, 0.3) is 0 Å². The van der Waals surface area contributed by atoms with Crippen molar-refractivity contribution in [2.75, 3.05) is 26.2 Å². The average Bonchev–Trinajstić information content (AvgIpc) is 2.61. The van der Waals surface area contributed by atoms with Gasteiger partial charge in [0.2, 0.25) is 0 Å². The van der Waals surface area contributed by atoms with E-state index >= 15 is 0 Å². The molecule has 2 heterocycles. The van der Waals surface area contributed by atoms with Gasteiger partial charge in [0.05, 0.1) is 6.04 Å². The molecule has 0 aromatic heterocycles. The van der Waals surface area contributed by atoms with Crippen LogP contribution in [0.3, 0.4) is 0 Å². The highest BCUT2D eigenvalue weighted by Gasteiger charge is 2.41. The lowest BCUT2D eigenvalue weighted by molar-refractivity contribution is 0.0359. The highest BCUT2D eigenvalue weighted by Crippen LogP contribution is 2.41. The normalized spacial score (nSPS) is 22.2. The monoisotopic (exact) mass is 334 g/mol. The topological polar surface area (TPSA) is 23.6 Å². The van der Waals surface area contributed by atoms with E-state index in [0.29, 0.717) is 6.04 Å². The summed E-state index contributed by atoms with van der Waals surface area (Å²) >= 11 is 0. The minimum absolute atomic E-state index is 0.162. The zero-order chi connectivity index (χ0) is 17.6. The van der Waals surface area contributed by atoms with Gasteiger partial charge in [0, 0.05) is 37.2 Å². The molecule has 25 heavy (non-hydrogen) atoms. The molecule has 0 radical (unpaired) electrons. The van der Waals surface area contributed by atoms with Gasteiger partial charge in [-0.25, -0.2) is 0 Å². The number of carbonyl (C=O) groups excluding carboxylic acids is 1. The molecule has 0 bridgehead atoms. The van der Waals surface area contributed by atoms with Crippen LogP contribution in [0, 0.1) is 6.92 Å². The Morgan fingerprint density at radius 3 is 2.56 bits per heavy atom. The van der Waals surface area contributed by atoms with E-state index in [4.69, 9.17) is 0 Å². The van der Waals surface area contributed by atoms with E-state index < -0.39 is 0 Å². The lowest BCUT2D eigenvalue weighted by atomic mass is 9.75. The number of benzene rings is 2. The van der Waals surface area contributed by atoms with E-state index in [-0.39, 0.29) is 11.3 Å². The third kappa shape index (κ3) is 2.77. The van der Waals surface area contributed by atoms with Gasteiger partial charge in [0.25, 0.3) is 5.91 Å². The number of aryl methyl sites for hydroxylation is 1. The van der Waals surface area contributed by atoms with Crippen LogP contribution in [-0.2, 0) is 5.41 Å². The van der Waals surface area contributed by atoms with E-state index in [1.54, 1.807) is 0 Å². The molecule has 3 heteroatoms. The van der Waals surface area contributed by atoms with Crippen LogP contribution in [-0.4, -0.2) is 41.9 Å². The first-order valence-electron chi connectivity index (χ1n) is 9.16. The molecule has 1 unspecified atom stereocenters. The Morgan fingerprint density at radius 1 is 1.04 bits per heavy atom. The van der Waals surface area contributed by atoms with Crippen molar-refractivity contribution in [3.8, 4) is 0 Å². The summed E-state index contributed by atoms with van der Waals surface area (Å²) in [7, 11) is 0. The minimum Gasteiger partial charge on any atom is -0.335 e. The van der Waals surface area contributed by atoms with Crippen LogP contribution in [0.2, 0.25) is 0 Å². The average molecular weight is 334 g/mol. The van der Waals surface area contributed by atoms with E-state index in [9.17, 15) is 4.79 Å². The lowest BCUT2D eigenvalue weighted by Crippen LogP contribution is -2.56. The quantitative estimate of drug-likeness (QED) is 0.792. The van der Waals surface area contributed by atoms with Gasteiger partial charge in [0.1, 0.15) is 0 Å². The van der Waals surface area contributed by atoms with Gasteiger partial charge in [-0.2, -0.15) is 0 Å². The fourth-order valence-corrected chi connectivity index (χ4v) is 4.47. The van der Waals surface area contributed by atoms with Crippen LogP contribution in [0.5, 0.6) is 0 Å². The number of hydrogen-bond donors (Lipinski definition) is 0. The molecule has 130 valence electrons. The number of nitrogens with zero attached hydrogens (tertiary/aromatic N) is 2. The van der Waals surface area contributed by atoms with Crippen molar-refractivity contribution in [3.05, 3.63) is 70.8 Å². The van der Waals surface area contributed by atoms with Gasteiger partial charge in [-0.15, -0.1) is 0 Å². The van der Waals surface area contributed by atoms with E-state index in [0.717, 1.165) is 37.3 Å². The van der Waals surface area contributed by atoms with Crippen LogP contribution in [0.15, 0.2) is 48.5 Å². The molecule has 2 aromatic carbocycles. The molecule has 4 rings (SSSR count). The zero-order valence-electron chi connectivity index (χ0n) is 15.3. The van der Waals surface area contributed by atoms with Crippen LogP contribution in [0.1, 0.15) is 46.9 Å². The van der Waals surface area contributed by atoms with Gasteiger partial charge in [-0.3, -0.25) is 9.69 Å². The van der Waals surface area contributed by atoms with Crippen molar-refractivity contribution in [3.63, 3.8) is 0 Å². The van der Waals surface area contributed by atoms with Gasteiger partial charge < -0.3 is 4.90 Å². The molecule has 1 saturated heterocycles. The van der Waals surface area contributed by atoms with Gasteiger partial charge in [-0.05, 0) is 29.7 Å². The second-order valence-corrected chi connectivity index (χ2v) is 8.02. The maximum absolute atomic E-state index is 13.0. The standard InChI is InChI=1S/C22H26N2O/c1-16-8-4-5-9-17(16)21(25)23-12-13-24-15-22(2,3)19-11-7-6-10-18(19)20(24)14-23/h4-11,20H,12-15H2,1-3H3. The summed E-state index contributed by atoms with van der Waals surface area (Å²) in [6.45, 7) is 10.3. The van der Waals surface area contributed by atoms with Gasteiger partial charge in [0.15, 0.2) is 0 Å². The maximum Gasteiger partial charge on any atom is 0.254 e. The molecule has 1 fully saturated rings. The summed E-state index contributed by atoms with van der Waals surface area (Å²) in [5, 5.41) is 0. The molecule has 2 aliphatic heterocycles. The molecule has 2 aromatic rings. The second-order valence-electron chi connectivity index (χ2n) is 8.02. The van der Waals surface area contributed by atoms with Crippen LogP contribution < -0.4 is 0 Å². The third-order valence-corrected chi connectivity index (χ3v) is 5.80. The Balaban J connectivity index is 1.64. The summed E-state index contributed by atoms with van der Waals surface area (Å²) in [5.41, 5.74) is 4.87. The summed E-state index contributed by atoms with van der Waals surface area (Å²) in [6, 6.07) is 17.0. The summed E-state index contributed by atoms with van der Waals surface area (Å²) in [5.74, 6) is 0.167. The molecule has 2 aliphatic rings. The molecule has 1 amide bonds. The minimum atomic E-state index is 0.162. The van der Waals surface area contributed by atoms with Crippen molar-refractivity contribution in [2.45, 2.75) is 32.2 Å². The highest BCUT2D eigenvalue weighted by molar-refractivity contribution is 5.95. The Morgan fingerprint density at radius 2 is 1.76 bits per heavy atom. The zero-order valence-corrected chi connectivity index (χ0v) is 15.3. The molecule has 0 aliphatic carbocycles. The fraction of sp³-hybridized carbons (Fsp3) is 0.409. The highest BCUT2D eigenvalue weighted by atomic mass is 16.2. The van der Waals surface area contributed by atoms with Crippen LogP contribution >= 0.6 is 0 Å². The summed E-state index contributed by atoms with van der Waals surface area (Å²) in [4.78, 5) is 17.6. The third-order valence-electron chi connectivity index (χ3n) is 5.80. The number of fused-ring (bicyclic) bond motifs is 3. The Bertz CT molecular complexity index is 811. The van der Waals surface area contributed by atoms with Crippen LogP contribution in [0.4, 0.5) is 0 Å². The predicted molar refractivity (Wildman–Crippen MR) is 101 cm³/mol. The predicted octanol–water partition coefficient (Wildman–Crippen LogP) is 3.79. The first-order chi connectivity index (χ1) is 12.0. The van der Waals surface area contributed by atoms with Crippen molar-refractivity contribution >= 4 is 5.91 Å². The molecular formula is C22H26N2O. The second kappa shape index (κ2) is 5.99. The van der Waals surface area contributed by atoms with Crippen molar-refractivity contribution in [2.24, 2.45) is 0 Å². The smallest absolute Gasteiger partial charge is 0.254 e.